The quantitative estimate of drug-likeness (QED) is 0.320. The Bertz CT molecular complexity index is 1550. The molecular weight excluding hydrogens is 488 g/mol. The van der Waals surface area contributed by atoms with E-state index in [0.717, 1.165) is 47.9 Å². The van der Waals surface area contributed by atoms with Gasteiger partial charge in [-0.15, -0.1) is 0 Å². The SMILES string of the molecule is Cc1cc(Oc2ccc(C)c(Cl)c2)cc(-c2cn(C)c(=O)c3[nH]c(C(=O)NC4CCC(N)CC4)cc23)c1. The fraction of sp³-hybridized carbons (Fsp3) is 0.310. The molecular formula is C29H31ClN4O3. The summed E-state index contributed by atoms with van der Waals surface area (Å²) < 4.78 is 7.65. The lowest BCUT2D eigenvalue weighted by Gasteiger charge is -2.26. The van der Waals surface area contributed by atoms with Gasteiger partial charge in [-0.25, -0.2) is 0 Å². The van der Waals surface area contributed by atoms with E-state index >= 15 is 0 Å². The van der Waals surface area contributed by atoms with Gasteiger partial charge in [0.05, 0.1) is 0 Å². The summed E-state index contributed by atoms with van der Waals surface area (Å²) in [6, 6.07) is 13.6. The largest absolute Gasteiger partial charge is 0.457 e. The molecule has 0 unspecified atom stereocenters. The molecule has 2 heterocycles. The van der Waals surface area contributed by atoms with Crippen LogP contribution in [0.2, 0.25) is 5.02 Å². The average molecular weight is 519 g/mol. The third-order valence-corrected chi connectivity index (χ3v) is 7.46. The summed E-state index contributed by atoms with van der Waals surface area (Å²) >= 11 is 6.28. The number of hydrogen-bond donors (Lipinski definition) is 3. The monoisotopic (exact) mass is 518 g/mol. The van der Waals surface area contributed by atoms with Crippen LogP contribution in [0.5, 0.6) is 11.5 Å². The minimum absolute atomic E-state index is 0.0905. The maximum Gasteiger partial charge on any atom is 0.274 e. The summed E-state index contributed by atoms with van der Waals surface area (Å²) in [7, 11) is 1.71. The van der Waals surface area contributed by atoms with Crippen molar-refractivity contribution in [2.24, 2.45) is 12.8 Å². The number of benzene rings is 2. The van der Waals surface area contributed by atoms with Crippen molar-refractivity contribution in [1.29, 1.82) is 0 Å². The van der Waals surface area contributed by atoms with Crippen molar-refractivity contribution >= 4 is 28.4 Å². The second kappa shape index (κ2) is 10.1. The lowest BCUT2D eigenvalue weighted by molar-refractivity contribution is 0.0921. The van der Waals surface area contributed by atoms with Crippen LogP contribution < -0.4 is 21.3 Å². The predicted octanol–water partition coefficient (Wildman–Crippen LogP) is 5.60. The molecule has 8 heteroatoms. The number of carbonyl (C=O) groups is 1. The lowest BCUT2D eigenvalue weighted by atomic mass is 9.92. The van der Waals surface area contributed by atoms with Gasteiger partial charge in [0.2, 0.25) is 0 Å². The van der Waals surface area contributed by atoms with Crippen LogP contribution in [0.25, 0.3) is 22.0 Å². The highest BCUT2D eigenvalue weighted by molar-refractivity contribution is 6.31. The van der Waals surface area contributed by atoms with Crippen molar-refractivity contribution < 1.29 is 9.53 Å². The van der Waals surface area contributed by atoms with Gasteiger partial charge in [0.1, 0.15) is 22.7 Å². The molecule has 1 aliphatic rings. The second-order valence-corrected chi connectivity index (χ2v) is 10.5. The Morgan fingerprint density at radius 3 is 2.57 bits per heavy atom. The van der Waals surface area contributed by atoms with Gasteiger partial charge in [0.25, 0.3) is 11.5 Å². The molecule has 1 aliphatic carbocycles. The van der Waals surface area contributed by atoms with Gasteiger partial charge in [-0.2, -0.15) is 0 Å². The fourth-order valence-corrected chi connectivity index (χ4v) is 5.12. The van der Waals surface area contributed by atoms with E-state index in [-0.39, 0.29) is 23.6 Å². The van der Waals surface area contributed by atoms with Crippen LogP contribution in [-0.2, 0) is 7.05 Å². The topological polar surface area (TPSA) is 102 Å². The molecule has 0 aliphatic heterocycles. The summed E-state index contributed by atoms with van der Waals surface area (Å²) in [6.07, 6.45) is 5.31. The molecule has 1 fully saturated rings. The molecule has 4 aromatic rings. The van der Waals surface area contributed by atoms with Gasteiger partial charge in [-0.05, 0) is 86.6 Å². The zero-order chi connectivity index (χ0) is 26.3. The molecule has 2 aromatic carbocycles. The van der Waals surface area contributed by atoms with E-state index in [1.807, 2.05) is 44.2 Å². The first-order valence-corrected chi connectivity index (χ1v) is 12.9. The predicted molar refractivity (Wildman–Crippen MR) is 148 cm³/mol. The lowest BCUT2D eigenvalue weighted by Crippen LogP contribution is -2.40. The number of aromatic nitrogens is 2. The second-order valence-electron chi connectivity index (χ2n) is 10.1. The maximum absolute atomic E-state index is 13.1. The Kier molecular flexibility index (Phi) is 6.84. The summed E-state index contributed by atoms with van der Waals surface area (Å²) in [6.45, 7) is 3.93. The number of nitrogens with two attached hydrogens (primary N) is 1. The minimum Gasteiger partial charge on any atom is -0.457 e. The summed E-state index contributed by atoms with van der Waals surface area (Å²) in [4.78, 5) is 29.1. The summed E-state index contributed by atoms with van der Waals surface area (Å²) in [5.74, 6) is 1.08. The number of ether oxygens (including phenoxy) is 1. The normalized spacial score (nSPS) is 17.6. The number of carbonyl (C=O) groups excluding carboxylic acids is 1. The number of nitrogens with one attached hydrogen (secondary N) is 2. The number of halogens is 1. The smallest absolute Gasteiger partial charge is 0.274 e. The van der Waals surface area contributed by atoms with E-state index in [2.05, 4.69) is 10.3 Å². The van der Waals surface area contributed by atoms with Crippen molar-refractivity contribution in [2.75, 3.05) is 0 Å². The number of nitrogens with zero attached hydrogens (tertiary/aromatic N) is 1. The van der Waals surface area contributed by atoms with Gasteiger partial charge in [0, 0.05) is 41.3 Å². The number of rotatable bonds is 5. The summed E-state index contributed by atoms with van der Waals surface area (Å²) in [5, 5.41) is 4.43. The minimum atomic E-state index is -0.214. The average Bonchev–Trinajstić information content (AvgIpc) is 3.31. The van der Waals surface area contributed by atoms with Gasteiger partial charge in [-0.3, -0.25) is 9.59 Å². The van der Waals surface area contributed by atoms with Gasteiger partial charge in [0.15, 0.2) is 0 Å². The van der Waals surface area contributed by atoms with E-state index in [9.17, 15) is 9.59 Å². The highest BCUT2D eigenvalue weighted by atomic mass is 35.5. The third kappa shape index (κ3) is 5.29. The Labute approximate surface area is 220 Å². The molecule has 192 valence electrons. The van der Waals surface area contributed by atoms with Crippen LogP contribution in [-0.4, -0.2) is 27.5 Å². The van der Waals surface area contributed by atoms with Crippen LogP contribution in [0.4, 0.5) is 0 Å². The molecule has 0 bridgehead atoms. The van der Waals surface area contributed by atoms with Crippen LogP contribution in [0.1, 0.15) is 47.3 Å². The number of aromatic amines is 1. The van der Waals surface area contributed by atoms with Gasteiger partial charge in [-0.1, -0.05) is 23.7 Å². The molecule has 7 nitrogen and oxygen atoms in total. The van der Waals surface area contributed by atoms with E-state index in [4.69, 9.17) is 22.1 Å². The molecule has 5 rings (SSSR count). The van der Waals surface area contributed by atoms with Crippen molar-refractivity contribution in [1.82, 2.24) is 14.9 Å². The zero-order valence-electron chi connectivity index (χ0n) is 21.2. The van der Waals surface area contributed by atoms with Crippen molar-refractivity contribution in [3.8, 4) is 22.6 Å². The summed E-state index contributed by atoms with van der Waals surface area (Å²) in [5.41, 5.74) is 10.2. The Hall–Kier alpha value is -3.55. The standard InChI is InChI=1S/C29H31ClN4O3/c1-16-10-18(12-22(11-16)37-21-9-4-17(2)25(30)13-21)24-15-34(3)29(36)27-23(24)14-26(33-27)28(35)32-20-7-5-19(31)6-8-20/h4,9-15,19-20,33H,5-8,31H2,1-3H3,(H,32,35). The fourth-order valence-electron chi connectivity index (χ4n) is 4.95. The number of H-pyrrole nitrogens is 1. The van der Waals surface area contributed by atoms with E-state index in [0.29, 0.717) is 33.1 Å². The number of aryl methyl sites for hydroxylation is 3. The van der Waals surface area contributed by atoms with Crippen molar-refractivity contribution in [3.63, 3.8) is 0 Å². The van der Waals surface area contributed by atoms with E-state index < -0.39 is 0 Å². The molecule has 0 radical (unpaired) electrons. The molecule has 0 saturated heterocycles. The van der Waals surface area contributed by atoms with Crippen molar-refractivity contribution in [3.05, 3.63) is 80.9 Å². The molecule has 1 amide bonds. The molecule has 1 saturated carbocycles. The molecule has 37 heavy (non-hydrogen) atoms. The van der Waals surface area contributed by atoms with E-state index in [1.165, 1.54) is 4.57 Å². The van der Waals surface area contributed by atoms with E-state index in [1.54, 1.807) is 25.4 Å². The molecule has 4 N–H and O–H groups in total. The molecule has 2 aromatic heterocycles. The van der Waals surface area contributed by atoms with Gasteiger partial charge < -0.3 is 25.3 Å². The third-order valence-electron chi connectivity index (χ3n) is 7.06. The first kappa shape index (κ1) is 25.1. The van der Waals surface area contributed by atoms with Crippen LogP contribution in [0.3, 0.4) is 0 Å². The Balaban J connectivity index is 1.50. The Morgan fingerprint density at radius 2 is 1.84 bits per heavy atom. The molecule has 0 atom stereocenters. The van der Waals surface area contributed by atoms with Gasteiger partial charge >= 0.3 is 0 Å². The molecule has 0 spiro atoms. The zero-order valence-corrected chi connectivity index (χ0v) is 22.0. The highest BCUT2D eigenvalue weighted by Crippen LogP contribution is 2.34. The van der Waals surface area contributed by atoms with Crippen LogP contribution in [0.15, 0.2) is 53.5 Å². The van der Waals surface area contributed by atoms with Crippen LogP contribution >= 0.6 is 11.6 Å². The first-order valence-electron chi connectivity index (χ1n) is 12.5. The highest BCUT2D eigenvalue weighted by Gasteiger charge is 2.22. The number of fused-ring (bicyclic) bond motifs is 1. The number of hydrogen-bond acceptors (Lipinski definition) is 4. The van der Waals surface area contributed by atoms with Crippen LogP contribution in [0, 0.1) is 13.8 Å². The first-order chi connectivity index (χ1) is 17.7. The number of amides is 1. The van der Waals surface area contributed by atoms with Crippen molar-refractivity contribution in [2.45, 2.75) is 51.6 Å². The Morgan fingerprint density at radius 1 is 1.08 bits per heavy atom. The number of pyridine rings is 1. The maximum atomic E-state index is 13.1.